The SMILES string of the molecule is CNCCC(O)C(O)c1c(N)cc(F)cc1F. The van der Waals surface area contributed by atoms with Gasteiger partial charge in [-0.25, -0.2) is 8.78 Å². The van der Waals surface area contributed by atoms with Crippen LogP contribution in [0, 0.1) is 11.6 Å². The minimum absolute atomic E-state index is 0.210. The number of hydrogen-bond acceptors (Lipinski definition) is 4. The summed E-state index contributed by atoms with van der Waals surface area (Å²) in [5.74, 6) is -1.78. The molecule has 0 amide bonds. The number of aliphatic hydroxyl groups is 2. The van der Waals surface area contributed by atoms with Gasteiger partial charge in [-0.05, 0) is 26.1 Å². The smallest absolute Gasteiger partial charge is 0.134 e. The number of halogens is 2. The zero-order chi connectivity index (χ0) is 13.0. The summed E-state index contributed by atoms with van der Waals surface area (Å²) in [6.07, 6.45) is -2.40. The Kier molecular flexibility index (Phi) is 4.80. The molecule has 5 N–H and O–H groups in total. The molecule has 0 heterocycles. The van der Waals surface area contributed by atoms with Crippen LogP contribution in [0.25, 0.3) is 0 Å². The summed E-state index contributed by atoms with van der Waals surface area (Å²) in [7, 11) is 1.69. The molecule has 0 radical (unpaired) electrons. The molecule has 0 aliphatic carbocycles. The van der Waals surface area contributed by atoms with Crippen LogP contribution in [0.3, 0.4) is 0 Å². The van der Waals surface area contributed by atoms with Crippen LogP contribution in [-0.4, -0.2) is 29.9 Å². The number of nitrogens with two attached hydrogens (primary N) is 1. The average Bonchev–Trinajstić information content (AvgIpc) is 2.24. The van der Waals surface area contributed by atoms with Gasteiger partial charge in [0.05, 0.1) is 6.10 Å². The van der Waals surface area contributed by atoms with Crippen molar-refractivity contribution in [1.29, 1.82) is 0 Å². The van der Waals surface area contributed by atoms with Crippen molar-refractivity contribution in [2.45, 2.75) is 18.6 Å². The van der Waals surface area contributed by atoms with Gasteiger partial charge < -0.3 is 21.3 Å². The topological polar surface area (TPSA) is 78.5 Å². The van der Waals surface area contributed by atoms with Crippen LogP contribution in [0.1, 0.15) is 18.1 Å². The fraction of sp³-hybridized carbons (Fsp3) is 0.455. The first-order chi connectivity index (χ1) is 7.97. The van der Waals surface area contributed by atoms with Gasteiger partial charge in [-0.3, -0.25) is 0 Å². The van der Waals surface area contributed by atoms with Crippen molar-refractivity contribution in [3.05, 3.63) is 29.3 Å². The highest BCUT2D eigenvalue weighted by atomic mass is 19.1. The standard InChI is InChI=1S/C11H16F2N2O2/c1-15-3-2-9(16)11(17)10-7(13)4-6(12)5-8(10)14/h4-5,9,11,15-17H,2-3,14H2,1H3. The van der Waals surface area contributed by atoms with Crippen LogP contribution in [0.4, 0.5) is 14.5 Å². The van der Waals surface area contributed by atoms with E-state index in [1.165, 1.54) is 0 Å². The summed E-state index contributed by atoms with van der Waals surface area (Å²) in [6, 6.07) is 1.53. The van der Waals surface area contributed by atoms with Gasteiger partial charge in [-0.1, -0.05) is 0 Å². The first-order valence-corrected chi connectivity index (χ1v) is 5.22. The van der Waals surface area contributed by atoms with E-state index in [-0.39, 0.29) is 17.7 Å². The van der Waals surface area contributed by atoms with Gasteiger partial charge in [0.2, 0.25) is 0 Å². The molecule has 6 heteroatoms. The molecular weight excluding hydrogens is 230 g/mol. The van der Waals surface area contributed by atoms with E-state index in [2.05, 4.69) is 5.32 Å². The number of nitrogen functional groups attached to an aromatic ring is 1. The minimum Gasteiger partial charge on any atom is -0.398 e. The molecule has 0 aliphatic heterocycles. The lowest BCUT2D eigenvalue weighted by Crippen LogP contribution is -2.24. The van der Waals surface area contributed by atoms with Crippen molar-refractivity contribution in [2.24, 2.45) is 0 Å². The molecule has 2 unspecified atom stereocenters. The van der Waals surface area contributed by atoms with Gasteiger partial charge in [0.15, 0.2) is 0 Å². The zero-order valence-electron chi connectivity index (χ0n) is 9.45. The Bertz CT molecular complexity index is 365. The molecule has 0 saturated heterocycles. The molecule has 17 heavy (non-hydrogen) atoms. The maximum absolute atomic E-state index is 13.4. The van der Waals surface area contributed by atoms with Crippen molar-refractivity contribution in [3.8, 4) is 0 Å². The molecule has 1 rings (SSSR count). The predicted molar refractivity (Wildman–Crippen MR) is 60.3 cm³/mol. The first-order valence-electron chi connectivity index (χ1n) is 5.22. The molecule has 0 aliphatic rings. The van der Waals surface area contributed by atoms with E-state index in [9.17, 15) is 19.0 Å². The zero-order valence-corrected chi connectivity index (χ0v) is 9.45. The van der Waals surface area contributed by atoms with Crippen molar-refractivity contribution in [3.63, 3.8) is 0 Å². The van der Waals surface area contributed by atoms with Crippen molar-refractivity contribution in [1.82, 2.24) is 5.32 Å². The molecule has 0 spiro atoms. The summed E-state index contributed by atoms with van der Waals surface area (Å²) < 4.78 is 26.2. The quantitative estimate of drug-likeness (QED) is 0.572. The Morgan fingerprint density at radius 1 is 1.35 bits per heavy atom. The van der Waals surface area contributed by atoms with E-state index in [1.54, 1.807) is 7.05 Å². The third-order valence-corrected chi connectivity index (χ3v) is 2.48. The van der Waals surface area contributed by atoms with E-state index in [4.69, 9.17) is 5.73 Å². The molecule has 0 saturated carbocycles. The third kappa shape index (κ3) is 3.36. The van der Waals surface area contributed by atoms with E-state index in [0.29, 0.717) is 12.6 Å². The lowest BCUT2D eigenvalue weighted by atomic mass is 9.99. The number of hydrogen-bond donors (Lipinski definition) is 4. The molecule has 0 bridgehead atoms. The molecule has 96 valence electrons. The van der Waals surface area contributed by atoms with E-state index >= 15 is 0 Å². The number of anilines is 1. The van der Waals surface area contributed by atoms with Gasteiger partial charge in [0.1, 0.15) is 17.7 Å². The fourth-order valence-corrected chi connectivity index (χ4v) is 1.56. The van der Waals surface area contributed by atoms with Gasteiger partial charge in [-0.15, -0.1) is 0 Å². The number of rotatable bonds is 5. The normalized spacial score (nSPS) is 14.6. The molecule has 1 aromatic rings. The highest BCUT2D eigenvalue weighted by molar-refractivity contribution is 5.49. The van der Waals surface area contributed by atoms with Gasteiger partial charge in [0, 0.05) is 17.3 Å². The summed E-state index contributed by atoms with van der Waals surface area (Å²) in [4.78, 5) is 0. The second kappa shape index (κ2) is 5.90. The third-order valence-electron chi connectivity index (χ3n) is 2.48. The monoisotopic (exact) mass is 246 g/mol. The molecule has 4 nitrogen and oxygen atoms in total. The van der Waals surface area contributed by atoms with Gasteiger partial charge in [0.25, 0.3) is 0 Å². The van der Waals surface area contributed by atoms with Crippen LogP contribution in [0.2, 0.25) is 0 Å². The Hall–Kier alpha value is -1.24. The van der Waals surface area contributed by atoms with E-state index in [0.717, 1.165) is 6.07 Å². The maximum atomic E-state index is 13.4. The Morgan fingerprint density at radius 2 is 2.00 bits per heavy atom. The lowest BCUT2D eigenvalue weighted by molar-refractivity contribution is 0.0124. The highest BCUT2D eigenvalue weighted by Crippen LogP contribution is 2.28. The van der Waals surface area contributed by atoms with Gasteiger partial charge in [-0.2, -0.15) is 0 Å². The molecular formula is C11H16F2N2O2. The van der Waals surface area contributed by atoms with Crippen molar-refractivity contribution in [2.75, 3.05) is 19.3 Å². The van der Waals surface area contributed by atoms with Crippen LogP contribution < -0.4 is 11.1 Å². The minimum atomic E-state index is -1.47. The fourth-order valence-electron chi connectivity index (χ4n) is 1.56. The predicted octanol–water partition coefficient (Wildman–Crippen LogP) is 0.551. The van der Waals surface area contributed by atoms with Crippen LogP contribution in [-0.2, 0) is 0 Å². The number of aliphatic hydroxyl groups excluding tert-OH is 2. The second-order valence-electron chi connectivity index (χ2n) is 3.79. The summed E-state index contributed by atoms with van der Waals surface area (Å²) in [5.41, 5.74) is 4.94. The van der Waals surface area contributed by atoms with Crippen LogP contribution >= 0.6 is 0 Å². The number of nitrogens with one attached hydrogen (secondary N) is 1. The Morgan fingerprint density at radius 3 is 2.53 bits per heavy atom. The Labute approximate surface area is 98.1 Å². The molecule has 0 aromatic heterocycles. The van der Waals surface area contributed by atoms with Crippen molar-refractivity contribution < 1.29 is 19.0 Å². The Balaban J connectivity index is 2.91. The highest BCUT2D eigenvalue weighted by Gasteiger charge is 2.24. The summed E-state index contributed by atoms with van der Waals surface area (Å²) >= 11 is 0. The lowest BCUT2D eigenvalue weighted by Gasteiger charge is -2.20. The molecule has 2 atom stereocenters. The molecule has 0 fully saturated rings. The summed E-state index contributed by atoms with van der Waals surface area (Å²) in [6.45, 7) is 0.459. The second-order valence-corrected chi connectivity index (χ2v) is 3.79. The van der Waals surface area contributed by atoms with Crippen LogP contribution in [0.15, 0.2) is 12.1 Å². The van der Waals surface area contributed by atoms with Gasteiger partial charge >= 0.3 is 0 Å². The largest absolute Gasteiger partial charge is 0.398 e. The summed E-state index contributed by atoms with van der Waals surface area (Å²) in [5, 5.41) is 22.1. The number of benzene rings is 1. The van der Waals surface area contributed by atoms with E-state index in [1.807, 2.05) is 0 Å². The molecule has 1 aromatic carbocycles. The average molecular weight is 246 g/mol. The van der Waals surface area contributed by atoms with E-state index < -0.39 is 23.8 Å². The maximum Gasteiger partial charge on any atom is 0.134 e. The first kappa shape index (κ1) is 13.8. The van der Waals surface area contributed by atoms with Crippen LogP contribution in [0.5, 0.6) is 0 Å². The van der Waals surface area contributed by atoms with Crippen molar-refractivity contribution >= 4 is 5.69 Å².